The van der Waals surface area contributed by atoms with Crippen LogP contribution >= 0.6 is 0 Å². The standard InChI is InChI=1S/C18H15N2/c19-18(15-7-3-1-4-8-15,16-9-5-2-6-10-16)17-11-13-20-14-12-17/h1-14,19H. The molecule has 0 saturated heterocycles. The highest BCUT2D eigenvalue weighted by molar-refractivity contribution is 5.47. The van der Waals surface area contributed by atoms with E-state index < -0.39 is 5.54 Å². The summed E-state index contributed by atoms with van der Waals surface area (Å²) < 4.78 is 0. The molecule has 2 nitrogen and oxygen atoms in total. The van der Waals surface area contributed by atoms with E-state index in [2.05, 4.69) is 4.98 Å². The molecule has 0 saturated carbocycles. The van der Waals surface area contributed by atoms with E-state index in [9.17, 15) is 0 Å². The highest BCUT2D eigenvalue weighted by atomic mass is 14.8. The summed E-state index contributed by atoms with van der Waals surface area (Å²) in [5.74, 6) is 0. The molecular formula is C18H15N2. The Hall–Kier alpha value is -2.45. The van der Waals surface area contributed by atoms with Crippen molar-refractivity contribution in [3.8, 4) is 0 Å². The monoisotopic (exact) mass is 259 g/mol. The Kier molecular flexibility index (Phi) is 3.32. The third-order valence-electron chi connectivity index (χ3n) is 3.53. The van der Waals surface area contributed by atoms with Gasteiger partial charge in [0.25, 0.3) is 0 Å². The molecule has 3 aromatic rings. The van der Waals surface area contributed by atoms with E-state index in [-0.39, 0.29) is 0 Å². The Balaban J connectivity index is 2.24. The van der Waals surface area contributed by atoms with Crippen LogP contribution in [0.5, 0.6) is 0 Å². The molecule has 0 aliphatic rings. The first-order valence-electron chi connectivity index (χ1n) is 6.58. The van der Waals surface area contributed by atoms with Gasteiger partial charge in [0.2, 0.25) is 0 Å². The zero-order chi connectivity index (χ0) is 13.8. The van der Waals surface area contributed by atoms with Crippen LogP contribution in [0, 0.1) is 0 Å². The van der Waals surface area contributed by atoms with Crippen molar-refractivity contribution >= 4 is 0 Å². The van der Waals surface area contributed by atoms with Crippen molar-refractivity contribution < 1.29 is 0 Å². The Bertz CT molecular complexity index is 567. The third-order valence-corrected chi connectivity index (χ3v) is 3.53. The lowest BCUT2D eigenvalue weighted by Gasteiger charge is -2.30. The molecule has 0 aliphatic heterocycles. The summed E-state index contributed by atoms with van der Waals surface area (Å²) in [4.78, 5) is 4.06. The van der Waals surface area contributed by atoms with E-state index in [0.717, 1.165) is 16.7 Å². The van der Waals surface area contributed by atoms with E-state index >= 15 is 0 Å². The molecule has 0 spiro atoms. The van der Waals surface area contributed by atoms with Gasteiger partial charge >= 0.3 is 0 Å². The number of benzene rings is 2. The minimum atomic E-state index is -0.911. The first-order chi connectivity index (χ1) is 9.82. The van der Waals surface area contributed by atoms with Crippen LogP contribution in [0.25, 0.3) is 0 Å². The molecular weight excluding hydrogens is 244 g/mol. The molecule has 0 amide bonds. The molecule has 0 bridgehead atoms. The van der Waals surface area contributed by atoms with E-state index in [1.54, 1.807) is 12.4 Å². The average molecular weight is 259 g/mol. The van der Waals surface area contributed by atoms with Crippen LogP contribution in [-0.2, 0) is 5.54 Å². The molecule has 1 aromatic heterocycles. The van der Waals surface area contributed by atoms with Crippen molar-refractivity contribution in [1.82, 2.24) is 10.7 Å². The highest BCUT2D eigenvalue weighted by Gasteiger charge is 2.32. The topological polar surface area (TPSA) is 36.7 Å². The average Bonchev–Trinajstić information content (AvgIpc) is 2.56. The van der Waals surface area contributed by atoms with Gasteiger partial charge in [-0.25, -0.2) is 5.73 Å². The lowest BCUT2D eigenvalue weighted by molar-refractivity contribution is 0.627. The molecule has 1 N–H and O–H groups in total. The van der Waals surface area contributed by atoms with Gasteiger partial charge < -0.3 is 0 Å². The molecule has 0 atom stereocenters. The normalized spacial score (nSPS) is 11.2. The minimum Gasteiger partial charge on any atom is -0.265 e. The second-order valence-electron chi connectivity index (χ2n) is 4.72. The fourth-order valence-corrected chi connectivity index (χ4v) is 2.48. The van der Waals surface area contributed by atoms with Crippen LogP contribution < -0.4 is 5.73 Å². The summed E-state index contributed by atoms with van der Waals surface area (Å²) in [7, 11) is 0. The molecule has 20 heavy (non-hydrogen) atoms. The number of rotatable bonds is 3. The number of hydrogen-bond donors (Lipinski definition) is 0. The summed E-state index contributed by atoms with van der Waals surface area (Å²) in [6.07, 6.45) is 3.48. The Morgan fingerprint density at radius 1 is 0.600 bits per heavy atom. The molecule has 0 fully saturated rings. The van der Waals surface area contributed by atoms with Gasteiger partial charge in [-0.3, -0.25) is 4.98 Å². The van der Waals surface area contributed by atoms with Gasteiger partial charge in [-0.15, -0.1) is 0 Å². The maximum atomic E-state index is 9.12. The second kappa shape index (κ2) is 5.27. The minimum absolute atomic E-state index is 0.911. The van der Waals surface area contributed by atoms with E-state index in [1.807, 2.05) is 72.8 Å². The Morgan fingerprint density at radius 3 is 1.45 bits per heavy atom. The van der Waals surface area contributed by atoms with E-state index in [1.165, 1.54) is 0 Å². The fourth-order valence-electron chi connectivity index (χ4n) is 2.48. The fraction of sp³-hybridized carbons (Fsp3) is 0.0556. The maximum absolute atomic E-state index is 9.12. The molecule has 0 aliphatic carbocycles. The summed E-state index contributed by atoms with van der Waals surface area (Å²) >= 11 is 0. The highest BCUT2D eigenvalue weighted by Crippen LogP contribution is 2.35. The van der Waals surface area contributed by atoms with Crippen molar-refractivity contribution in [3.63, 3.8) is 0 Å². The molecule has 1 radical (unpaired) electrons. The largest absolute Gasteiger partial charge is 0.265 e. The van der Waals surface area contributed by atoms with E-state index in [0.29, 0.717) is 0 Å². The summed E-state index contributed by atoms with van der Waals surface area (Å²) in [6.45, 7) is 0. The number of nitrogens with one attached hydrogen (secondary N) is 1. The predicted molar refractivity (Wildman–Crippen MR) is 80.1 cm³/mol. The van der Waals surface area contributed by atoms with Crippen molar-refractivity contribution in [2.24, 2.45) is 0 Å². The summed E-state index contributed by atoms with van der Waals surface area (Å²) in [5, 5.41) is 0. The SMILES string of the molecule is [NH]C(c1ccccc1)(c1ccccc1)c1ccncc1. The maximum Gasteiger partial charge on any atom is 0.107 e. The molecule has 0 unspecified atom stereocenters. The van der Waals surface area contributed by atoms with Gasteiger partial charge in [-0.2, -0.15) is 0 Å². The van der Waals surface area contributed by atoms with Gasteiger partial charge in [0, 0.05) is 12.4 Å². The second-order valence-corrected chi connectivity index (χ2v) is 4.72. The van der Waals surface area contributed by atoms with Crippen LogP contribution in [0.1, 0.15) is 16.7 Å². The summed E-state index contributed by atoms with van der Waals surface area (Å²) in [6, 6.07) is 23.7. The Morgan fingerprint density at radius 2 is 1.00 bits per heavy atom. The first kappa shape index (κ1) is 12.6. The van der Waals surface area contributed by atoms with Crippen molar-refractivity contribution in [3.05, 3.63) is 102 Å². The molecule has 2 heteroatoms. The molecule has 1 heterocycles. The smallest absolute Gasteiger partial charge is 0.107 e. The van der Waals surface area contributed by atoms with Gasteiger partial charge in [0.15, 0.2) is 0 Å². The predicted octanol–water partition coefficient (Wildman–Crippen LogP) is 3.66. The van der Waals surface area contributed by atoms with Crippen molar-refractivity contribution in [2.45, 2.75) is 5.54 Å². The molecule has 97 valence electrons. The van der Waals surface area contributed by atoms with Crippen molar-refractivity contribution in [2.75, 3.05) is 0 Å². The Labute approximate surface area is 118 Å². The lowest BCUT2D eigenvalue weighted by atomic mass is 9.78. The molecule has 3 rings (SSSR count). The van der Waals surface area contributed by atoms with Crippen LogP contribution in [-0.4, -0.2) is 4.98 Å². The zero-order valence-electron chi connectivity index (χ0n) is 11.0. The number of hydrogen-bond acceptors (Lipinski definition) is 1. The van der Waals surface area contributed by atoms with Gasteiger partial charge in [0.1, 0.15) is 5.54 Å². The van der Waals surface area contributed by atoms with Gasteiger partial charge in [-0.1, -0.05) is 60.7 Å². The first-order valence-corrected chi connectivity index (χ1v) is 6.58. The van der Waals surface area contributed by atoms with Crippen LogP contribution in [0.3, 0.4) is 0 Å². The number of aromatic nitrogens is 1. The number of pyridine rings is 1. The van der Waals surface area contributed by atoms with Crippen LogP contribution in [0.2, 0.25) is 0 Å². The van der Waals surface area contributed by atoms with Gasteiger partial charge in [-0.05, 0) is 28.8 Å². The quantitative estimate of drug-likeness (QED) is 0.707. The number of nitrogens with zero attached hydrogens (tertiary/aromatic N) is 1. The third kappa shape index (κ3) is 2.10. The lowest BCUT2D eigenvalue weighted by Crippen LogP contribution is -2.30. The van der Waals surface area contributed by atoms with E-state index in [4.69, 9.17) is 5.73 Å². The van der Waals surface area contributed by atoms with Crippen LogP contribution in [0.4, 0.5) is 0 Å². The van der Waals surface area contributed by atoms with Gasteiger partial charge in [0.05, 0.1) is 0 Å². The van der Waals surface area contributed by atoms with Crippen LogP contribution in [0.15, 0.2) is 85.2 Å². The van der Waals surface area contributed by atoms with Crippen molar-refractivity contribution in [1.29, 1.82) is 0 Å². The summed E-state index contributed by atoms with van der Waals surface area (Å²) in [5.41, 5.74) is 11.0. The molecule has 2 aromatic carbocycles. The zero-order valence-corrected chi connectivity index (χ0v) is 11.0.